The number of aromatic nitrogens is 1. The fourth-order valence-corrected chi connectivity index (χ4v) is 4.47. The third kappa shape index (κ3) is 4.85. The van der Waals surface area contributed by atoms with E-state index in [1.54, 1.807) is 31.4 Å². The number of methoxy groups -OCH3 is 1. The quantitative estimate of drug-likeness (QED) is 0.249. The molecule has 1 saturated heterocycles. The van der Waals surface area contributed by atoms with Crippen molar-refractivity contribution >= 4 is 56.4 Å². The minimum atomic E-state index is -0.787. The van der Waals surface area contributed by atoms with Gasteiger partial charge in [0.1, 0.15) is 12.2 Å². The lowest BCUT2D eigenvalue weighted by molar-refractivity contribution is -0.122. The number of urea groups is 1. The normalized spacial score (nSPS) is 14.8. The molecule has 2 heterocycles. The number of amides is 4. The van der Waals surface area contributed by atoms with Crippen LogP contribution in [0.3, 0.4) is 0 Å². The Hall–Kier alpha value is -4.37. The largest absolute Gasteiger partial charge is 0.493 e. The molecule has 0 unspecified atom stereocenters. The van der Waals surface area contributed by atoms with Crippen molar-refractivity contribution in [2.24, 2.45) is 0 Å². The number of fused-ring (bicyclic) bond motifs is 1. The number of benzene rings is 3. The van der Waals surface area contributed by atoms with Crippen molar-refractivity contribution in [2.45, 2.75) is 6.54 Å². The van der Waals surface area contributed by atoms with Crippen LogP contribution in [0.15, 0.2) is 89.0 Å². The Morgan fingerprint density at radius 2 is 1.62 bits per heavy atom. The summed E-state index contributed by atoms with van der Waals surface area (Å²) >= 11 is 3.34. The van der Waals surface area contributed by atoms with Crippen molar-refractivity contribution < 1.29 is 23.9 Å². The van der Waals surface area contributed by atoms with E-state index in [9.17, 15) is 14.4 Å². The van der Waals surface area contributed by atoms with Gasteiger partial charge in [-0.2, -0.15) is 0 Å². The molecule has 1 aliphatic heterocycles. The van der Waals surface area contributed by atoms with E-state index in [0.29, 0.717) is 35.9 Å². The van der Waals surface area contributed by atoms with Crippen LogP contribution in [0.1, 0.15) is 5.56 Å². The van der Waals surface area contributed by atoms with E-state index in [-0.39, 0.29) is 5.57 Å². The Morgan fingerprint density at radius 1 is 0.919 bits per heavy atom. The van der Waals surface area contributed by atoms with Crippen LogP contribution in [0.5, 0.6) is 11.5 Å². The number of para-hydroxylation sites is 3. The first-order chi connectivity index (χ1) is 18.0. The van der Waals surface area contributed by atoms with E-state index in [0.717, 1.165) is 20.3 Å². The number of anilines is 1. The number of hydrogen-bond acceptors (Lipinski definition) is 5. The Labute approximate surface area is 221 Å². The second-order valence-corrected chi connectivity index (χ2v) is 9.14. The van der Waals surface area contributed by atoms with E-state index < -0.39 is 17.8 Å². The van der Waals surface area contributed by atoms with E-state index in [4.69, 9.17) is 9.47 Å². The predicted molar refractivity (Wildman–Crippen MR) is 144 cm³/mol. The highest BCUT2D eigenvalue weighted by molar-refractivity contribution is 9.10. The number of halogens is 1. The lowest BCUT2D eigenvalue weighted by Gasteiger charge is -2.26. The highest BCUT2D eigenvalue weighted by atomic mass is 79.9. The molecule has 0 bridgehead atoms. The van der Waals surface area contributed by atoms with Gasteiger partial charge < -0.3 is 14.0 Å². The molecule has 37 heavy (non-hydrogen) atoms. The summed E-state index contributed by atoms with van der Waals surface area (Å²) in [5, 5.41) is 3.13. The summed E-state index contributed by atoms with van der Waals surface area (Å²) < 4.78 is 14.1. The van der Waals surface area contributed by atoms with Crippen molar-refractivity contribution in [1.82, 2.24) is 9.88 Å². The molecule has 0 aliphatic carbocycles. The minimum Gasteiger partial charge on any atom is -0.493 e. The molecule has 0 atom stereocenters. The van der Waals surface area contributed by atoms with Gasteiger partial charge in [0, 0.05) is 27.1 Å². The van der Waals surface area contributed by atoms with Crippen LogP contribution in [-0.4, -0.2) is 36.1 Å². The SMILES string of the molecule is COc1ccccc1OCCn1cc(C=C2C(=O)NC(=O)N(c3ccc(Br)cc3)C2=O)c2ccccc21. The monoisotopic (exact) mass is 559 g/mol. The molecule has 0 radical (unpaired) electrons. The van der Waals surface area contributed by atoms with Crippen LogP contribution in [0.2, 0.25) is 0 Å². The average molecular weight is 560 g/mol. The number of hydrogen-bond donors (Lipinski definition) is 1. The summed E-state index contributed by atoms with van der Waals surface area (Å²) in [7, 11) is 1.59. The number of ether oxygens (including phenoxy) is 2. The zero-order valence-corrected chi connectivity index (χ0v) is 21.4. The molecule has 4 aromatic rings. The van der Waals surface area contributed by atoms with Crippen LogP contribution >= 0.6 is 15.9 Å². The second kappa shape index (κ2) is 10.3. The van der Waals surface area contributed by atoms with E-state index >= 15 is 0 Å². The van der Waals surface area contributed by atoms with Gasteiger partial charge in [-0.25, -0.2) is 9.69 Å². The maximum atomic E-state index is 13.3. The van der Waals surface area contributed by atoms with E-state index in [1.807, 2.05) is 59.3 Å². The van der Waals surface area contributed by atoms with Gasteiger partial charge in [0.2, 0.25) is 0 Å². The van der Waals surface area contributed by atoms with Crippen molar-refractivity contribution in [1.29, 1.82) is 0 Å². The summed E-state index contributed by atoms with van der Waals surface area (Å²) in [4.78, 5) is 39.4. The van der Waals surface area contributed by atoms with Crippen LogP contribution < -0.4 is 19.7 Å². The predicted octanol–water partition coefficient (Wildman–Crippen LogP) is 5.16. The lowest BCUT2D eigenvalue weighted by atomic mass is 10.1. The molecular weight excluding hydrogens is 538 g/mol. The molecule has 1 fully saturated rings. The van der Waals surface area contributed by atoms with E-state index in [1.165, 1.54) is 6.08 Å². The fourth-order valence-electron chi connectivity index (χ4n) is 4.20. The molecule has 5 rings (SSSR count). The molecule has 1 aromatic heterocycles. The number of nitrogens with one attached hydrogen (secondary N) is 1. The van der Waals surface area contributed by atoms with Crippen LogP contribution in [0.4, 0.5) is 10.5 Å². The van der Waals surface area contributed by atoms with Crippen LogP contribution in [0, 0.1) is 0 Å². The maximum Gasteiger partial charge on any atom is 0.335 e. The second-order valence-electron chi connectivity index (χ2n) is 8.23. The Kier molecular flexibility index (Phi) is 6.78. The molecule has 8 nitrogen and oxygen atoms in total. The molecule has 186 valence electrons. The Morgan fingerprint density at radius 3 is 2.38 bits per heavy atom. The van der Waals surface area contributed by atoms with Crippen molar-refractivity contribution in [3.05, 3.63) is 94.6 Å². The molecule has 0 spiro atoms. The molecule has 3 aromatic carbocycles. The van der Waals surface area contributed by atoms with Crippen LogP contribution in [0.25, 0.3) is 17.0 Å². The fraction of sp³-hybridized carbons (Fsp3) is 0.107. The Bertz CT molecular complexity index is 1540. The summed E-state index contributed by atoms with van der Waals surface area (Å²) in [5.74, 6) is -0.130. The number of carbonyl (C=O) groups excluding carboxylic acids is 3. The van der Waals surface area contributed by atoms with Crippen molar-refractivity contribution in [3.63, 3.8) is 0 Å². The molecule has 9 heteroatoms. The highest BCUT2D eigenvalue weighted by Crippen LogP contribution is 2.28. The molecule has 4 amide bonds. The number of rotatable bonds is 7. The first kappa shape index (κ1) is 24.3. The van der Waals surface area contributed by atoms with Gasteiger partial charge in [0.05, 0.1) is 19.3 Å². The van der Waals surface area contributed by atoms with Crippen molar-refractivity contribution in [3.8, 4) is 11.5 Å². The zero-order chi connectivity index (χ0) is 25.9. The number of imide groups is 2. The van der Waals surface area contributed by atoms with Gasteiger partial charge in [-0.1, -0.05) is 46.3 Å². The smallest absolute Gasteiger partial charge is 0.335 e. The number of barbiturate groups is 1. The maximum absolute atomic E-state index is 13.3. The third-order valence-electron chi connectivity index (χ3n) is 5.96. The van der Waals surface area contributed by atoms with Gasteiger partial charge in [-0.05, 0) is 48.5 Å². The molecular formula is C28H22BrN3O5. The minimum absolute atomic E-state index is 0.129. The summed E-state index contributed by atoms with van der Waals surface area (Å²) in [6.07, 6.45) is 3.39. The molecule has 0 saturated carbocycles. The topological polar surface area (TPSA) is 89.9 Å². The highest BCUT2D eigenvalue weighted by Gasteiger charge is 2.37. The zero-order valence-electron chi connectivity index (χ0n) is 19.8. The number of nitrogens with zero attached hydrogens (tertiary/aromatic N) is 2. The van der Waals surface area contributed by atoms with Gasteiger partial charge >= 0.3 is 6.03 Å². The lowest BCUT2D eigenvalue weighted by Crippen LogP contribution is -2.54. The average Bonchev–Trinajstić information content (AvgIpc) is 3.25. The summed E-state index contributed by atoms with van der Waals surface area (Å²) in [6, 6.07) is 21.0. The van der Waals surface area contributed by atoms with Gasteiger partial charge in [0.15, 0.2) is 11.5 Å². The summed E-state index contributed by atoms with van der Waals surface area (Å²) in [6.45, 7) is 0.895. The standard InChI is InChI=1S/C28H22BrN3O5/c1-36-24-8-4-5-9-25(24)37-15-14-31-17-18(21-6-2-3-7-23(21)31)16-22-26(33)30-28(35)32(27(22)34)20-12-10-19(29)11-13-20/h2-13,16-17H,14-15H2,1H3,(H,30,33,35). The summed E-state index contributed by atoms with van der Waals surface area (Å²) in [5.41, 5.74) is 1.83. The first-order valence-corrected chi connectivity index (χ1v) is 12.3. The molecule has 1 N–H and O–H groups in total. The van der Waals surface area contributed by atoms with Gasteiger partial charge in [-0.3, -0.25) is 14.9 Å². The third-order valence-corrected chi connectivity index (χ3v) is 6.49. The number of carbonyl (C=O) groups is 3. The Balaban J connectivity index is 1.44. The first-order valence-electron chi connectivity index (χ1n) is 11.5. The van der Waals surface area contributed by atoms with Crippen LogP contribution in [-0.2, 0) is 16.1 Å². The van der Waals surface area contributed by atoms with Gasteiger partial charge in [-0.15, -0.1) is 0 Å². The molecule has 1 aliphatic rings. The van der Waals surface area contributed by atoms with Gasteiger partial charge in [0.25, 0.3) is 11.8 Å². The van der Waals surface area contributed by atoms with Crippen molar-refractivity contribution in [2.75, 3.05) is 18.6 Å². The van der Waals surface area contributed by atoms with E-state index in [2.05, 4.69) is 21.2 Å².